The number of nitrogens with zero attached hydrogens (tertiary/aromatic N) is 1. The van der Waals surface area contributed by atoms with E-state index in [2.05, 4.69) is 0 Å². The maximum absolute atomic E-state index is 13.1. The van der Waals surface area contributed by atoms with Crippen LogP contribution in [0.5, 0.6) is 5.75 Å². The van der Waals surface area contributed by atoms with Gasteiger partial charge in [-0.3, -0.25) is 9.59 Å². The van der Waals surface area contributed by atoms with Gasteiger partial charge in [0.1, 0.15) is 23.3 Å². The van der Waals surface area contributed by atoms with Crippen molar-refractivity contribution in [2.24, 2.45) is 11.7 Å². The normalized spacial score (nSPS) is 19.1. The van der Waals surface area contributed by atoms with E-state index in [1.165, 1.54) is 24.3 Å². The quantitative estimate of drug-likeness (QED) is 0.662. The second kappa shape index (κ2) is 8.36. The number of amides is 2. The molecule has 1 fully saturated rings. The van der Waals surface area contributed by atoms with Crippen LogP contribution in [0.3, 0.4) is 0 Å². The first-order chi connectivity index (χ1) is 14.4. The Morgan fingerprint density at radius 1 is 1.20 bits per heavy atom. The third-order valence-electron chi connectivity index (χ3n) is 5.21. The molecule has 3 aromatic rings. The third-order valence-corrected chi connectivity index (χ3v) is 5.44. The molecule has 30 heavy (non-hydrogen) atoms. The second-order valence-corrected chi connectivity index (χ2v) is 7.81. The lowest BCUT2D eigenvalue weighted by molar-refractivity contribution is -0.120. The largest absolute Gasteiger partial charge is 0.490 e. The van der Waals surface area contributed by atoms with Crippen molar-refractivity contribution in [1.29, 1.82) is 0 Å². The standard InChI is InChI=1S/C22H20ClFN2O4/c23-15-1-6-18-13(9-15)10-20(30-18)22(28)26-8-7-19(14(12-26)11-21(25)27)29-17-4-2-16(24)3-5-17/h1-6,9-10,14,19H,7-8,11-12H2,(H2,25,27)/t14-,19-/m0/s1. The number of carbonyl (C=O) groups excluding carboxylic acids is 2. The van der Waals surface area contributed by atoms with Crippen LogP contribution in [0, 0.1) is 11.7 Å². The summed E-state index contributed by atoms with van der Waals surface area (Å²) in [7, 11) is 0. The predicted octanol–water partition coefficient (Wildman–Crippen LogP) is 4.01. The van der Waals surface area contributed by atoms with Gasteiger partial charge in [0.2, 0.25) is 5.91 Å². The van der Waals surface area contributed by atoms with E-state index >= 15 is 0 Å². The van der Waals surface area contributed by atoms with Crippen molar-refractivity contribution in [2.45, 2.75) is 18.9 Å². The number of carbonyl (C=O) groups is 2. The van der Waals surface area contributed by atoms with Gasteiger partial charge in [0, 0.05) is 42.3 Å². The Balaban J connectivity index is 1.50. The molecule has 1 saturated heterocycles. The van der Waals surface area contributed by atoms with Gasteiger partial charge in [0.05, 0.1) is 0 Å². The van der Waals surface area contributed by atoms with Crippen LogP contribution in [-0.4, -0.2) is 35.9 Å². The fourth-order valence-corrected chi connectivity index (χ4v) is 3.95. The number of ether oxygens (including phenoxy) is 1. The minimum Gasteiger partial charge on any atom is -0.490 e. The lowest BCUT2D eigenvalue weighted by Gasteiger charge is -2.37. The summed E-state index contributed by atoms with van der Waals surface area (Å²) in [4.78, 5) is 26.2. The molecule has 0 spiro atoms. The van der Waals surface area contributed by atoms with Crippen molar-refractivity contribution in [2.75, 3.05) is 13.1 Å². The fraction of sp³-hybridized carbons (Fsp3) is 0.273. The molecule has 1 aromatic heterocycles. The van der Waals surface area contributed by atoms with E-state index in [1.807, 2.05) is 0 Å². The van der Waals surface area contributed by atoms with Crippen LogP contribution in [-0.2, 0) is 4.79 Å². The lowest BCUT2D eigenvalue weighted by Crippen LogP contribution is -2.49. The maximum Gasteiger partial charge on any atom is 0.289 e. The Hall–Kier alpha value is -3.06. The van der Waals surface area contributed by atoms with Crippen LogP contribution in [0.2, 0.25) is 5.02 Å². The van der Waals surface area contributed by atoms with Crippen LogP contribution in [0.15, 0.2) is 52.9 Å². The molecule has 4 rings (SSSR count). The van der Waals surface area contributed by atoms with Crippen LogP contribution in [0.25, 0.3) is 11.0 Å². The van der Waals surface area contributed by atoms with E-state index < -0.39 is 5.91 Å². The molecule has 0 radical (unpaired) electrons. The van der Waals surface area contributed by atoms with Gasteiger partial charge in [-0.25, -0.2) is 4.39 Å². The van der Waals surface area contributed by atoms with Crippen LogP contribution in [0.4, 0.5) is 4.39 Å². The Morgan fingerprint density at radius 3 is 2.70 bits per heavy atom. The molecule has 156 valence electrons. The van der Waals surface area contributed by atoms with Crippen molar-refractivity contribution in [1.82, 2.24) is 4.90 Å². The summed E-state index contributed by atoms with van der Waals surface area (Å²) in [6.07, 6.45) is 0.264. The minimum atomic E-state index is -0.472. The van der Waals surface area contributed by atoms with Crippen LogP contribution in [0.1, 0.15) is 23.4 Å². The van der Waals surface area contributed by atoms with Gasteiger partial charge < -0.3 is 19.8 Å². The summed E-state index contributed by atoms with van der Waals surface area (Å²) >= 11 is 6.00. The number of halogens is 2. The number of fused-ring (bicyclic) bond motifs is 1. The van der Waals surface area contributed by atoms with Gasteiger partial charge >= 0.3 is 0 Å². The molecular formula is C22H20ClFN2O4. The molecule has 6 nitrogen and oxygen atoms in total. The summed E-state index contributed by atoms with van der Waals surface area (Å²) in [6.45, 7) is 0.725. The van der Waals surface area contributed by atoms with Gasteiger partial charge in [0.25, 0.3) is 5.91 Å². The van der Waals surface area contributed by atoms with Gasteiger partial charge in [0.15, 0.2) is 5.76 Å². The number of likely N-dealkylation sites (tertiary alicyclic amines) is 1. The Morgan fingerprint density at radius 2 is 1.97 bits per heavy atom. The second-order valence-electron chi connectivity index (χ2n) is 7.37. The average Bonchev–Trinajstić information content (AvgIpc) is 3.13. The van der Waals surface area contributed by atoms with E-state index in [0.29, 0.717) is 35.9 Å². The zero-order valence-electron chi connectivity index (χ0n) is 16.0. The molecule has 1 aliphatic heterocycles. The van der Waals surface area contributed by atoms with Gasteiger partial charge in [-0.1, -0.05) is 11.6 Å². The van der Waals surface area contributed by atoms with Crippen molar-refractivity contribution in [3.05, 3.63) is 65.1 Å². The average molecular weight is 431 g/mol. The number of primary amides is 1. The smallest absolute Gasteiger partial charge is 0.289 e. The summed E-state index contributed by atoms with van der Waals surface area (Å²) in [5.41, 5.74) is 5.99. The number of hydrogen-bond donors (Lipinski definition) is 1. The van der Waals surface area contributed by atoms with Gasteiger partial charge in [-0.15, -0.1) is 0 Å². The van der Waals surface area contributed by atoms with E-state index in [-0.39, 0.29) is 35.9 Å². The minimum absolute atomic E-state index is 0.0748. The highest BCUT2D eigenvalue weighted by Gasteiger charge is 2.35. The zero-order valence-corrected chi connectivity index (χ0v) is 16.8. The van der Waals surface area contributed by atoms with Crippen molar-refractivity contribution in [3.63, 3.8) is 0 Å². The maximum atomic E-state index is 13.1. The van der Waals surface area contributed by atoms with E-state index in [9.17, 15) is 14.0 Å². The first-order valence-electron chi connectivity index (χ1n) is 9.58. The topological polar surface area (TPSA) is 85.8 Å². The molecule has 2 aromatic carbocycles. The number of rotatable bonds is 5. The van der Waals surface area contributed by atoms with Crippen molar-refractivity contribution in [3.8, 4) is 5.75 Å². The van der Waals surface area contributed by atoms with Gasteiger partial charge in [-0.05, 0) is 48.5 Å². The molecule has 8 heteroatoms. The highest BCUT2D eigenvalue weighted by Crippen LogP contribution is 2.28. The molecule has 0 aliphatic carbocycles. The molecule has 0 saturated carbocycles. The molecule has 2 amide bonds. The first kappa shape index (κ1) is 20.2. The Kier molecular flexibility index (Phi) is 5.63. The molecule has 2 heterocycles. The summed E-state index contributed by atoms with van der Waals surface area (Å²) in [5.74, 6) is -0.669. The number of nitrogens with two attached hydrogens (primary N) is 1. The summed E-state index contributed by atoms with van der Waals surface area (Å²) < 4.78 is 24.8. The van der Waals surface area contributed by atoms with E-state index in [1.54, 1.807) is 29.2 Å². The highest BCUT2D eigenvalue weighted by molar-refractivity contribution is 6.31. The Labute approximate surface area is 177 Å². The SMILES string of the molecule is NC(=O)C[C@H]1CN(C(=O)c2cc3cc(Cl)ccc3o2)CC[C@@H]1Oc1ccc(F)cc1. The van der Waals surface area contributed by atoms with Crippen LogP contribution < -0.4 is 10.5 Å². The molecule has 0 unspecified atom stereocenters. The summed E-state index contributed by atoms with van der Waals surface area (Å²) in [6, 6.07) is 12.5. The number of benzene rings is 2. The number of furan rings is 1. The predicted molar refractivity (Wildman–Crippen MR) is 110 cm³/mol. The summed E-state index contributed by atoms with van der Waals surface area (Å²) in [5, 5.41) is 1.30. The fourth-order valence-electron chi connectivity index (χ4n) is 3.77. The Bertz CT molecular complexity index is 1080. The zero-order chi connectivity index (χ0) is 21.3. The monoisotopic (exact) mass is 430 g/mol. The molecule has 0 bridgehead atoms. The lowest BCUT2D eigenvalue weighted by atomic mass is 9.91. The molecule has 1 aliphatic rings. The van der Waals surface area contributed by atoms with E-state index in [0.717, 1.165) is 5.39 Å². The van der Waals surface area contributed by atoms with E-state index in [4.69, 9.17) is 26.5 Å². The molecular weight excluding hydrogens is 411 g/mol. The van der Waals surface area contributed by atoms with Gasteiger partial charge in [-0.2, -0.15) is 0 Å². The number of hydrogen-bond acceptors (Lipinski definition) is 4. The number of piperidine rings is 1. The highest BCUT2D eigenvalue weighted by atomic mass is 35.5. The van der Waals surface area contributed by atoms with Crippen molar-refractivity contribution < 1.29 is 23.1 Å². The van der Waals surface area contributed by atoms with Crippen molar-refractivity contribution >= 4 is 34.4 Å². The molecule has 2 atom stereocenters. The van der Waals surface area contributed by atoms with Crippen LogP contribution >= 0.6 is 11.6 Å². The molecule has 2 N–H and O–H groups in total. The third kappa shape index (κ3) is 4.41. The first-order valence-corrected chi connectivity index (χ1v) is 9.96.